The second kappa shape index (κ2) is 8.99. The molecule has 0 radical (unpaired) electrons. The van der Waals surface area contributed by atoms with Crippen LogP contribution in [0.4, 0.5) is 0 Å². The zero-order valence-corrected chi connectivity index (χ0v) is 20.4. The first-order valence-corrected chi connectivity index (χ1v) is 13.3. The third-order valence-corrected chi connectivity index (χ3v) is 8.47. The summed E-state index contributed by atoms with van der Waals surface area (Å²) in [6.07, 6.45) is 7.48. The van der Waals surface area contributed by atoms with E-state index in [2.05, 4.69) is 37.4 Å². The molecule has 0 saturated heterocycles. The molecule has 0 aliphatic heterocycles. The smallest absolute Gasteiger partial charge is 0.239 e. The Labute approximate surface area is 205 Å². The highest BCUT2D eigenvalue weighted by Crippen LogP contribution is 2.34. The molecule has 2 aliphatic carbocycles. The van der Waals surface area contributed by atoms with Crippen LogP contribution in [0.1, 0.15) is 47.5 Å². The summed E-state index contributed by atoms with van der Waals surface area (Å²) in [7, 11) is -2.04. The lowest BCUT2D eigenvalue weighted by Gasteiger charge is -2.16. The number of rotatable bonds is 8. The van der Waals surface area contributed by atoms with Crippen molar-refractivity contribution >= 4 is 37.5 Å². The molecule has 3 aromatic rings. The third-order valence-electron chi connectivity index (χ3n) is 6.00. The van der Waals surface area contributed by atoms with Crippen LogP contribution in [0.3, 0.4) is 0 Å². The van der Waals surface area contributed by atoms with Gasteiger partial charge in [-0.3, -0.25) is 4.79 Å². The predicted octanol–water partition coefficient (Wildman–Crippen LogP) is 2.46. The van der Waals surface area contributed by atoms with E-state index in [1.807, 2.05) is 18.2 Å². The minimum Gasteiger partial charge on any atom is -0.424 e. The summed E-state index contributed by atoms with van der Waals surface area (Å²) in [5.74, 6) is 0.341. The number of amides is 1. The quantitative estimate of drug-likeness (QED) is 0.469. The fourth-order valence-corrected chi connectivity index (χ4v) is 5.67. The first-order chi connectivity index (χ1) is 16.8. The van der Waals surface area contributed by atoms with Crippen LogP contribution >= 0.6 is 11.3 Å². The molecule has 1 fully saturated rings. The number of fused-ring (bicyclic) bond motifs is 1. The molecule has 2 aliphatic rings. The topological polar surface area (TPSA) is 151 Å². The van der Waals surface area contributed by atoms with Gasteiger partial charge < -0.3 is 9.73 Å². The van der Waals surface area contributed by atoms with E-state index in [-0.39, 0.29) is 29.0 Å². The Morgan fingerprint density at radius 3 is 2.80 bits per heavy atom. The second-order valence-electron chi connectivity index (χ2n) is 8.54. The van der Waals surface area contributed by atoms with Crippen molar-refractivity contribution in [2.24, 2.45) is 0 Å². The van der Waals surface area contributed by atoms with Gasteiger partial charge >= 0.3 is 0 Å². The van der Waals surface area contributed by atoms with Gasteiger partial charge in [0.2, 0.25) is 27.7 Å². The van der Waals surface area contributed by atoms with E-state index >= 15 is 0 Å². The molecule has 0 bridgehead atoms. The van der Waals surface area contributed by atoms with E-state index in [9.17, 15) is 13.2 Å². The SMILES string of the molecule is CNS(=O)(=O)C1=CCC(c2ccc3nc(Cc4nnc(CC(=O)NC5(C#N)CC5)o4)sc3c2)C=C1. The van der Waals surface area contributed by atoms with Gasteiger partial charge in [0.15, 0.2) is 0 Å². The van der Waals surface area contributed by atoms with Crippen LogP contribution in [0.25, 0.3) is 10.2 Å². The number of benzene rings is 1. The van der Waals surface area contributed by atoms with Crippen LogP contribution in [-0.2, 0) is 27.7 Å². The molecule has 1 amide bonds. The molecule has 2 heterocycles. The number of carbonyl (C=O) groups excluding carboxylic acids is 1. The number of carbonyl (C=O) groups is 1. The monoisotopic (exact) mass is 510 g/mol. The largest absolute Gasteiger partial charge is 0.424 e. The molecule has 5 rings (SSSR count). The molecule has 0 spiro atoms. The summed E-state index contributed by atoms with van der Waals surface area (Å²) >= 11 is 1.52. The van der Waals surface area contributed by atoms with Gasteiger partial charge in [-0.25, -0.2) is 18.1 Å². The number of aromatic nitrogens is 3. The van der Waals surface area contributed by atoms with Crippen LogP contribution in [-0.4, -0.2) is 42.1 Å². The van der Waals surface area contributed by atoms with E-state index in [0.717, 1.165) is 20.8 Å². The molecule has 1 aromatic carbocycles. The number of hydrogen-bond acceptors (Lipinski definition) is 9. The zero-order chi connectivity index (χ0) is 24.6. The van der Waals surface area contributed by atoms with E-state index < -0.39 is 15.6 Å². The van der Waals surface area contributed by atoms with Crippen LogP contribution < -0.4 is 10.0 Å². The summed E-state index contributed by atoms with van der Waals surface area (Å²) in [4.78, 5) is 17.0. The highest BCUT2D eigenvalue weighted by molar-refractivity contribution is 7.93. The molecule has 2 aromatic heterocycles. The van der Waals surface area contributed by atoms with Crippen molar-refractivity contribution in [3.8, 4) is 6.07 Å². The molecule has 180 valence electrons. The van der Waals surface area contributed by atoms with Gasteiger partial charge in [0, 0.05) is 5.92 Å². The van der Waals surface area contributed by atoms with Crippen LogP contribution in [0.15, 0.2) is 45.7 Å². The lowest BCUT2D eigenvalue weighted by Crippen LogP contribution is -2.36. The Balaban J connectivity index is 1.24. The maximum Gasteiger partial charge on any atom is 0.239 e. The van der Waals surface area contributed by atoms with Gasteiger partial charge in [0.05, 0.1) is 27.6 Å². The highest BCUT2D eigenvalue weighted by atomic mass is 32.2. The average Bonchev–Trinajstić information content (AvgIpc) is 3.29. The number of sulfonamides is 1. The fraction of sp³-hybridized carbons (Fsp3) is 0.348. The standard InChI is InChI=1S/C23H22N6O4S2/c1-25-35(31,32)16-5-2-14(3-6-16)15-4-7-17-18(10-15)34-22(26-17)12-21-29-28-20(33-21)11-19(30)27-23(13-24)8-9-23/h2,4-7,10,14,25H,3,8-9,11-12H2,1H3,(H,27,30). The summed E-state index contributed by atoms with van der Waals surface area (Å²) in [6, 6.07) is 8.15. The van der Waals surface area contributed by atoms with E-state index in [1.165, 1.54) is 18.4 Å². The number of nitriles is 1. The lowest BCUT2D eigenvalue weighted by atomic mass is 9.92. The normalized spacial score (nSPS) is 18.7. The average molecular weight is 511 g/mol. The third kappa shape index (κ3) is 5.02. The molecular weight excluding hydrogens is 488 g/mol. The Hall–Kier alpha value is -3.40. The number of nitrogens with one attached hydrogen (secondary N) is 2. The van der Waals surface area contributed by atoms with Gasteiger partial charge in [0.1, 0.15) is 17.0 Å². The molecule has 12 heteroatoms. The molecule has 35 heavy (non-hydrogen) atoms. The minimum atomic E-state index is -3.44. The summed E-state index contributed by atoms with van der Waals surface area (Å²) in [6.45, 7) is 0. The van der Waals surface area contributed by atoms with Crippen molar-refractivity contribution in [2.45, 2.75) is 43.6 Å². The molecular formula is C23H22N6O4S2. The minimum absolute atomic E-state index is 0.0691. The molecule has 1 saturated carbocycles. The number of thiazole rings is 1. The van der Waals surface area contributed by atoms with Crippen LogP contribution in [0, 0.1) is 11.3 Å². The predicted molar refractivity (Wildman–Crippen MR) is 129 cm³/mol. The molecule has 1 unspecified atom stereocenters. The van der Waals surface area contributed by atoms with Crippen LogP contribution in [0.2, 0.25) is 0 Å². The molecule has 10 nitrogen and oxygen atoms in total. The number of allylic oxidation sites excluding steroid dienone is 3. The first kappa shape index (κ1) is 23.3. The van der Waals surface area contributed by atoms with Crippen molar-refractivity contribution in [3.63, 3.8) is 0 Å². The Kier molecular flexibility index (Phi) is 6.00. The summed E-state index contributed by atoms with van der Waals surface area (Å²) < 4.78 is 32.9. The lowest BCUT2D eigenvalue weighted by molar-refractivity contribution is -0.121. The Morgan fingerprint density at radius 1 is 1.31 bits per heavy atom. The highest BCUT2D eigenvalue weighted by Gasteiger charge is 2.44. The molecule has 2 N–H and O–H groups in total. The van der Waals surface area contributed by atoms with Crippen molar-refractivity contribution in [1.29, 1.82) is 5.26 Å². The fourth-order valence-electron chi connectivity index (χ4n) is 3.86. The van der Waals surface area contributed by atoms with E-state index in [1.54, 1.807) is 12.2 Å². The second-order valence-corrected chi connectivity index (χ2v) is 11.5. The van der Waals surface area contributed by atoms with E-state index in [4.69, 9.17) is 9.68 Å². The van der Waals surface area contributed by atoms with Crippen molar-refractivity contribution in [3.05, 3.63) is 63.7 Å². The van der Waals surface area contributed by atoms with Gasteiger partial charge in [0.25, 0.3) is 0 Å². The van der Waals surface area contributed by atoms with Crippen molar-refractivity contribution in [1.82, 2.24) is 25.2 Å². The maximum atomic E-state index is 12.1. The summed E-state index contributed by atoms with van der Waals surface area (Å²) in [5, 5.41) is 20.6. The van der Waals surface area contributed by atoms with E-state index in [0.29, 0.717) is 31.6 Å². The van der Waals surface area contributed by atoms with Gasteiger partial charge in [-0.05, 0) is 50.1 Å². The number of nitrogens with zero attached hydrogens (tertiary/aromatic N) is 4. The van der Waals surface area contributed by atoms with Crippen LogP contribution in [0.5, 0.6) is 0 Å². The summed E-state index contributed by atoms with van der Waals surface area (Å²) in [5.41, 5.74) is 1.21. The van der Waals surface area contributed by atoms with Gasteiger partial charge in [-0.15, -0.1) is 21.5 Å². The molecule has 1 atom stereocenters. The Morgan fingerprint density at radius 2 is 2.11 bits per heavy atom. The first-order valence-electron chi connectivity index (χ1n) is 11.0. The number of hydrogen-bond donors (Lipinski definition) is 2. The van der Waals surface area contributed by atoms with Crippen molar-refractivity contribution in [2.75, 3.05) is 7.05 Å². The zero-order valence-electron chi connectivity index (χ0n) is 18.8. The van der Waals surface area contributed by atoms with Crippen molar-refractivity contribution < 1.29 is 17.6 Å². The van der Waals surface area contributed by atoms with Gasteiger partial charge in [-0.1, -0.05) is 18.2 Å². The maximum absolute atomic E-state index is 12.1. The van der Waals surface area contributed by atoms with Gasteiger partial charge in [-0.2, -0.15) is 5.26 Å². The Bertz CT molecular complexity index is 1510.